The Morgan fingerprint density at radius 3 is 2.79 bits per heavy atom. The Morgan fingerprint density at radius 1 is 1.37 bits per heavy atom. The highest BCUT2D eigenvalue weighted by molar-refractivity contribution is 7.10. The SMILES string of the molecule is C=CCOc1c(C(O)c2cccs2)ccc(F)c1F. The van der Waals surface area contributed by atoms with Crippen LogP contribution in [0.3, 0.4) is 0 Å². The van der Waals surface area contributed by atoms with Crippen molar-refractivity contribution in [1.82, 2.24) is 0 Å². The van der Waals surface area contributed by atoms with E-state index in [2.05, 4.69) is 6.58 Å². The molecule has 0 radical (unpaired) electrons. The summed E-state index contributed by atoms with van der Waals surface area (Å²) in [6, 6.07) is 5.78. The molecule has 1 N–H and O–H groups in total. The number of aliphatic hydroxyl groups excluding tert-OH is 1. The zero-order valence-electron chi connectivity index (χ0n) is 9.98. The maximum Gasteiger partial charge on any atom is 0.201 e. The molecule has 2 rings (SSSR count). The van der Waals surface area contributed by atoms with Crippen molar-refractivity contribution in [3.8, 4) is 5.75 Å². The Bertz CT molecular complexity index is 567. The van der Waals surface area contributed by atoms with Gasteiger partial charge in [0.2, 0.25) is 5.82 Å². The third kappa shape index (κ3) is 2.83. The molecule has 1 heterocycles. The van der Waals surface area contributed by atoms with Crippen molar-refractivity contribution in [2.24, 2.45) is 0 Å². The molecule has 0 bridgehead atoms. The van der Waals surface area contributed by atoms with E-state index in [1.54, 1.807) is 17.5 Å². The minimum Gasteiger partial charge on any atom is -0.486 e. The van der Waals surface area contributed by atoms with Gasteiger partial charge in [0.05, 0.1) is 0 Å². The van der Waals surface area contributed by atoms with Gasteiger partial charge in [0.1, 0.15) is 12.7 Å². The quantitative estimate of drug-likeness (QED) is 0.848. The Morgan fingerprint density at radius 2 is 2.16 bits per heavy atom. The van der Waals surface area contributed by atoms with Crippen molar-refractivity contribution in [2.45, 2.75) is 6.10 Å². The van der Waals surface area contributed by atoms with E-state index in [-0.39, 0.29) is 17.9 Å². The van der Waals surface area contributed by atoms with Crippen LogP contribution < -0.4 is 4.74 Å². The van der Waals surface area contributed by atoms with Gasteiger partial charge in [0, 0.05) is 10.4 Å². The second kappa shape index (κ2) is 5.95. The van der Waals surface area contributed by atoms with Gasteiger partial charge in [-0.05, 0) is 23.6 Å². The van der Waals surface area contributed by atoms with Gasteiger partial charge in [0.15, 0.2) is 11.6 Å². The standard InChI is InChI=1S/C14H12F2O2S/c1-2-7-18-14-9(5-6-10(15)12(14)16)13(17)11-4-3-8-19-11/h2-6,8,13,17H,1,7H2. The van der Waals surface area contributed by atoms with Crippen molar-refractivity contribution in [3.63, 3.8) is 0 Å². The number of ether oxygens (including phenoxy) is 1. The van der Waals surface area contributed by atoms with Crippen molar-refractivity contribution in [3.05, 3.63) is 64.4 Å². The summed E-state index contributed by atoms with van der Waals surface area (Å²) in [5.74, 6) is -2.39. The lowest BCUT2D eigenvalue weighted by Crippen LogP contribution is -2.06. The summed E-state index contributed by atoms with van der Waals surface area (Å²) >= 11 is 1.33. The molecule has 0 fully saturated rings. The molecule has 0 aliphatic carbocycles. The third-order valence-corrected chi connectivity index (χ3v) is 3.46. The molecule has 2 aromatic rings. The number of aliphatic hydroxyl groups is 1. The predicted octanol–water partition coefficient (Wildman–Crippen LogP) is 3.67. The lowest BCUT2D eigenvalue weighted by molar-refractivity contribution is 0.213. The first-order valence-corrected chi connectivity index (χ1v) is 6.46. The molecule has 1 unspecified atom stereocenters. The average molecular weight is 282 g/mol. The highest BCUT2D eigenvalue weighted by Crippen LogP contribution is 2.35. The molecule has 0 aliphatic heterocycles. The molecule has 0 aliphatic rings. The summed E-state index contributed by atoms with van der Waals surface area (Å²) in [7, 11) is 0. The van der Waals surface area contributed by atoms with E-state index in [1.807, 2.05) is 0 Å². The summed E-state index contributed by atoms with van der Waals surface area (Å²) in [6.45, 7) is 3.48. The monoisotopic (exact) mass is 282 g/mol. The van der Waals surface area contributed by atoms with Crippen LogP contribution in [0.15, 0.2) is 42.3 Å². The molecule has 5 heteroatoms. The van der Waals surface area contributed by atoms with E-state index in [1.165, 1.54) is 23.5 Å². The van der Waals surface area contributed by atoms with Gasteiger partial charge in [-0.1, -0.05) is 18.7 Å². The van der Waals surface area contributed by atoms with E-state index in [0.717, 1.165) is 6.07 Å². The zero-order chi connectivity index (χ0) is 13.8. The number of halogens is 2. The van der Waals surface area contributed by atoms with Gasteiger partial charge < -0.3 is 9.84 Å². The largest absolute Gasteiger partial charge is 0.486 e. The van der Waals surface area contributed by atoms with Crippen LogP contribution in [0.2, 0.25) is 0 Å². The lowest BCUT2D eigenvalue weighted by Gasteiger charge is -2.15. The van der Waals surface area contributed by atoms with Gasteiger partial charge in [0.25, 0.3) is 0 Å². The van der Waals surface area contributed by atoms with Gasteiger partial charge in [-0.2, -0.15) is 4.39 Å². The smallest absolute Gasteiger partial charge is 0.201 e. The second-order valence-corrected chi connectivity index (χ2v) is 4.78. The fourth-order valence-corrected chi connectivity index (χ4v) is 2.38. The minimum absolute atomic E-state index is 0.0323. The Kier molecular flexibility index (Phi) is 4.29. The number of benzene rings is 1. The summed E-state index contributed by atoms with van der Waals surface area (Å²) in [5, 5.41) is 12.0. The molecule has 1 aromatic carbocycles. The number of rotatable bonds is 5. The van der Waals surface area contributed by atoms with Crippen LogP contribution in [0.25, 0.3) is 0 Å². The maximum atomic E-state index is 13.7. The predicted molar refractivity (Wildman–Crippen MR) is 70.4 cm³/mol. The van der Waals surface area contributed by atoms with Crippen molar-refractivity contribution < 1.29 is 18.6 Å². The van der Waals surface area contributed by atoms with Crippen LogP contribution in [-0.4, -0.2) is 11.7 Å². The van der Waals surface area contributed by atoms with E-state index < -0.39 is 17.7 Å². The molecule has 100 valence electrons. The molecule has 0 saturated carbocycles. The average Bonchev–Trinajstić information content (AvgIpc) is 2.93. The first-order valence-electron chi connectivity index (χ1n) is 5.58. The number of hydrogen-bond acceptors (Lipinski definition) is 3. The molecule has 19 heavy (non-hydrogen) atoms. The van der Waals surface area contributed by atoms with Gasteiger partial charge >= 0.3 is 0 Å². The van der Waals surface area contributed by atoms with Gasteiger partial charge in [-0.15, -0.1) is 11.3 Å². The zero-order valence-corrected chi connectivity index (χ0v) is 10.8. The molecule has 1 aromatic heterocycles. The van der Waals surface area contributed by atoms with Crippen LogP contribution in [0.4, 0.5) is 8.78 Å². The van der Waals surface area contributed by atoms with E-state index in [0.29, 0.717) is 4.88 Å². The third-order valence-electron chi connectivity index (χ3n) is 2.53. The lowest BCUT2D eigenvalue weighted by atomic mass is 10.1. The van der Waals surface area contributed by atoms with Crippen LogP contribution >= 0.6 is 11.3 Å². The highest BCUT2D eigenvalue weighted by Gasteiger charge is 2.22. The van der Waals surface area contributed by atoms with Gasteiger partial charge in [-0.25, -0.2) is 4.39 Å². The van der Waals surface area contributed by atoms with Crippen molar-refractivity contribution in [2.75, 3.05) is 6.61 Å². The first kappa shape index (κ1) is 13.7. The number of thiophene rings is 1. The van der Waals surface area contributed by atoms with E-state index in [9.17, 15) is 13.9 Å². The Labute approximate surface area is 113 Å². The normalized spacial score (nSPS) is 12.2. The van der Waals surface area contributed by atoms with E-state index >= 15 is 0 Å². The van der Waals surface area contributed by atoms with Gasteiger partial charge in [-0.3, -0.25) is 0 Å². The summed E-state index contributed by atoms with van der Waals surface area (Å²) in [4.78, 5) is 0.634. The molecule has 2 nitrogen and oxygen atoms in total. The fraction of sp³-hybridized carbons (Fsp3) is 0.143. The van der Waals surface area contributed by atoms with Crippen LogP contribution in [0.1, 0.15) is 16.5 Å². The van der Waals surface area contributed by atoms with Crippen LogP contribution in [0, 0.1) is 11.6 Å². The van der Waals surface area contributed by atoms with E-state index in [4.69, 9.17) is 4.74 Å². The molecule has 0 saturated heterocycles. The minimum atomic E-state index is -1.10. The summed E-state index contributed by atoms with van der Waals surface area (Å²) < 4.78 is 32.1. The summed E-state index contributed by atoms with van der Waals surface area (Å²) in [5.41, 5.74) is 0.197. The molecule has 0 amide bonds. The highest BCUT2D eigenvalue weighted by atomic mass is 32.1. The van der Waals surface area contributed by atoms with Crippen LogP contribution in [-0.2, 0) is 0 Å². The van der Waals surface area contributed by atoms with Crippen LogP contribution in [0.5, 0.6) is 5.75 Å². The summed E-state index contributed by atoms with van der Waals surface area (Å²) in [6.07, 6.45) is 0.376. The molecular weight excluding hydrogens is 270 g/mol. The topological polar surface area (TPSA) is 29.5 Å². The maximum absolute atomic E-state index is 13.7. The molecular formula is C14H12F2O2S. The van der Waals surface area contributed by atoms with Crippen molar-refractivity contribution in [1.29, 1.82) is 0 Å². The van der Waals surface area contributed by atoms with Crippen molar-refractivity contribution >= 4 is 11.3 Å². The number of hydrogen-bond donors (Lipinski definition) is 1. The second-order valence-electron chi connectivity index (χ2n) is 3.80. The fourth-order valence-electron chi connectivity index (χ4n) is 1.65. The molecule has 1 atom stereocenters. The Balaban J connectivity index is 2.44. The Hall–Kier alpha value is -1.72. The molecule has 0 spiro atoms. The first-order chi connectivity index (χ1) is 9.15.